The van der Waals surface area contributed by atoms with Gasteiger partial charge in [0.1, 0.15) is 0 Å². The van der Waals surface area contributed by atoms with Crippen molar-refractivity contribution in [2.45, 2.75) is 57.4 Å². The van der Waals surface area contributed by atoms with Crippen molar-refractivity contribution < 1.29 is 4.79 Å². The molecule has 5 aliphatic carbocycles. The molecule has 5 fully saturated rings. The Labute approximate surface area is 134 Å². The molecule has 5 rings (SSSR count). The predicted octanol–water partition coefficient (Wildman–Crippen LogP) is 2.72. The van der Waals surface area contributed by atoms with Gasteiger partial charge in [0.05, 0.1) is 0 Å². The summed E-state index contributed by atoms with van der Waals surface area (Å²) in [5, 5.41) is 3.39. The van der Waals surface area contributed by atoms with E-state index in [2.05, 4.69) is 5.32 Å². The van der Waals surface area contributed by atoms with E-state index >= 15 is 0 Å². The molecule has 2 atom stereocenters. The maximum absolute atomic E-state index is 12.8. The van der Waals surface area contributed by atoms with Gasteiger partial charge >= 0.3 is 0 Å². The third-order valence-corrected chi connectivity index (χ3v) is 6.82. The van der Waals surface area contributed by atoms with Gasteiger partial charge in [-0.05, 0) is 81.1 Å². The van der Waals surface area contributed by atoms with E-state index in [1.165, 1.54) is 44.9 Å². The first-order valence-electron chi connectivity index (χ1n) is 8.75. The number of halogens is 1. The summed E-state index contributed by atoms with van der Waals surface area (Å²) in [5.74, 6) is 4.53. The number of carbonyl (C=O) groups is 1. The molecule has 5 saturated carbocycles. The average molecular weight is 313 g/mol. The molecule has 0 aromatic rings. The molecule has 120 valence electrons. The van der Waals surface area contributed by atoms with Crippen LogP contribution in [0.3, 0.4) is 0 Å². The molecule has 4 bridgehead atoms. The van der Waals surface area contributed by atoms with E-state index in [9.17, 15) is 4.79 Å². The molecule has 1 amide bonds. The maximum Gasteiger partial charge on any atom is 0.223 e. The molecule has 2 unspecified atom stereocenters. The van der Waals surface area contributed by atoms with Crippen LogP contribution in [0, 0.1) is 35.5 Å². The average Bonchev–Trinajstić information content (AvgIpc) is 2.84. The highest BCUT2D eigenvalue weighted by Crippen LogP contribution is 2.56. The predicted molar refractivity (Wildman–Crippen MR) is 86.1 cm³/mol. The van der Waals surface area contributed by atoms with E-state index in [1.54, 1.807) is 0 Å². The van der Waals surface area contributed by atoms with E-state index in [0.29, 0.717) is 35.6 Å². The molecule has 4 heteroatoms. The number of hydrogen-bond donors (Lipinski definition) is 2. The Morgan fingerprint density at radius 2 is 1.62 bits per heavy atom. The van der Waals surface area contributed by atoms with Crippen molar-refractivity contribution in [2.75, 3.05) is 6.54 Å². The van der Waals surface area contributed by atoms with E-state index in [4.69, 9.17) is 5.73 Å². The Morgan fingerprint density at radius 3 is 2.19 bits per heavy atom. The van der Waals surface area contributed by atoms with Crippen molar-refractivity contribution in [2.24, 2.45) is 41.2 Å². The lowest BCUT2D eigenvalue weighted by Gasteiger charge is -2.53. The van der Waals surface area contributed by atoms with Gasteiger partial charge in [-0.15, -0.1) is 12.4 Å². The molecule has 0 saturated heterocycles. The fourth-order valence-corrected chi connectivity index (χ4v) is 6.14. The summed E-state index contributed by atoms with van der Waals surface area (Å²) in [6.07, 6.45) is 10.3. The van der Waals surface area contributed by atoms with Crippen molar-refractivity contribution >= 4 is 18.3 Å². The molecule has 0 heterocycles. The van der Waals surface area contributed by atoms with Crippen molar-refractivity contribution in [1.82, 2.24) is 5.32 Å². The van der Waals surface area contributed by atoms with Gasteiger partial charge in [0.15, 0.2) is 0 Å². The van der Waals surface area contributed by atoms with Crippen LogP contribution in [-0.4, -0.2) is 18.5 Å². The van der Waals surface area contributed by atoms with Crippen LogP contribution in [0.5, 0.6) is 0 Å². The SMILES string of the molecule is Cl.NCC1CCCC1NC(=O)C1C2CC3CC(C2)CC1C3. The van der Waals surface area contributed by atoms with Gasteiger partial charge in [-0.25, -0.2) is 0 Å². The lowest BCUT2D eigenvalue weighted by Crippen LogP contribution is -2.53. The Morgan fingerprint density at radius 1 is 1.00 bits per heavy atom. The third-order valence-electron chi connectivity index (χ3n) is 6.82. The maximum atomic E-state index is 12.8. The summed E-state index contributed by atoms with van der Waals surface area (Å²) in [6, 6.07) is 0.365. The first-order chi connectivity index (χ1) is 9.74. The van der Waals surface area contributed by atoms with Crippen molar-refractivity contribution in [1.29, 1.82) is 0 Å². The minimum atomic E-state index is 0. The van der Waals surface area contributed by atoms with Crippen LogP contribution >= 0.6 is 12.4 Å². The monoisotopic (exact) mass is 312 g/mol. The summed E-state index contributed by atoms with van der Waals surface area (Å²) < 4.78 is 0. The van der Waals surface area contributed by atoms with Gasteiger partial charge in [0.2, 0.25) is 5.91 Å². The summed E-state index contributed by atoms with van der Waals surface area (Å²) in [4.78, 5) is 12.8. The van der Waals surface area contributed by atoms with E-state index < -0.39 is 0 Å². The zero-order valence-electron chi connectivity index (χ0n) is 12.8. The molecule has 21 heavy (non-hydrogen) atoms. The Balaban J connectivity index is 0.00000132. The lowest BCUT2D eigenvalue weighted by molar-refractivity contribution is -0.139. The fraction of sp³-hybridized carbons (Fsp3) is 0.941. The molecule has 3 nitrogen and oxygen atoms in total. The van der Waals surface area contributed by atoms with Crippen LogP contribution in [0.15, 0.2) is 0 Å². The minimum Gasteiger partial charge on any atom is -0.353 e. The molecular formula is C17H29ClN2O. The quantitative estimate of drug-likeness (QED) is 0.842. The van der Waals surface area contributed by atoms with Gasteiger partial charge in [-0.2, -0.15) is 0 Å². The Kier molecular flexibility index (Phi) is 4.52. The summed E-state index contributed by atoms with van der Waals surface area (Å²) in [5.41, 5.74) is 5.84. The van der Waals surface area contributed by atoms with Gasteiger partial charge in [0, 0.05) is 12.0 Å². The highest BCUT2D eigenvalue weighted by Gasteiger charge is 2.51. The standard InChI is InChI=1S/C17H28N2O.ClH/c18-9-12-2-1-3-15(12)19-17(20)16-13-5-10-4-11(7-13)8-14(16)6-10;/h10-16H,1-9,18H2,(H,19,20);1H. The molecule has 0 spiro atoms. The highest BCUT2D eigenvalue weighted by molar-refractivity contribution is 5.85. The number of nitrogens with one attached hydrogen (secondary N) is 1. The molecular weight excluding hydrogens is 284 g/mol. The normalized spacial score (nSPS) is 47.2. The zero-order valence-corrected chi connectivity index (χ0v) is 13.6. The van der Waals surface area contributed by atoms with Crippen molar-refractivity contribution in [3.63, 3.8) is 0 Å². The second kappa shape index (κ2) is 6.08. The summed E-state index contributed by atoms with van der Waals surface area (Å²) in [6.45, 7) is 0.729. The van der Waals surface area contributed by atoms with Crippen LogP contribution in [0.4, 0.5) is 0 Å². The largest absolute Gasteiger partial charge is 0.353 e. The van der Waals surface area contributed by atoms with Gasteiger partial charge in [-0.3, -0.25) is 4.79 Å². The van der Waals surface area contributed by atoms with Gasteiger partial charge in [0.25, 0.3) is 0 Å². The lowest BCUT2D eigenvalue weighted by atomic mass is 9.51. The summed E-state index contributed by atoms with van der Waals surface area (Å²) >= 11 is 0. The molecule has 0 aromatic heterocycles. The highest BCUT2D eigenvalue weighted by atomic mass is 35.5. The molecule has 0 aromatic carbocycles. The fourth-order valence-electron chi connectivity index (χ4n) is 6.14. The first-order valence-corrected chi connectivity index (χ1v) is 8.75. The number of amides is 1. The van der Waals surface area contributed by atoms with Gasteiger partial charge < -0.3 is 11.1 Å². The van der Waals surface area contributed by atoms with Crippen LogP contribution in [-0.2, 0) is 4.79 Å². The molecule has 3 N–H and O–H groups in total. The second-order valence-corrected chi connectivity index (χ2v) is 8.00. The molecule has 0 aliphatic heterocycles. The number of hydrogen-bond acceptors (Lipinski definition) is 2. The second-order valence-electron chi connectivity index (χ2n) is 8.00. The van der Waals surface area contributed by atoms with Crippen LogP contribution in [0.25, 0.3) is 0 Å². The smallest absolute Gasteiger partial charge is 0.223 e. The topological polar surface area (TPSA) is 55.1 Å². The zero-order chi connectivity index (χ0) is 13.7. The molecule has 0 radical (unpaired) electrons. The van der Waals surface area contributed by atoms with Gasteiger partial charge in [-0.1, -0.05) is 6.42 Å². The Bertz CT molecular complexity index is 372. The minimum absolute atomic E-state index is 0. The van der Waals surface area contributed by atoms with Crippen molar-refractivity contribution in [3.05, 3.63) is 0 Å². The number of carbonyl (C=O) groups excluding carboxylic acids is 1. The summed E-state index contributed by atoms with van der Waals surface area (Å²) in [7, 11) is 0. The van der Waals surface area contributed by atoms with Crippen LogP contribution in [0.2, 0.25) is 0 Å². The Hall–Kier alpha value is -0.280. The van der Waals surface area contributed by atoms with E-state index in [1.807, 2.05) is 0 Å². The van der Waals surface area contributed by atoms with E-state index in [-0.39, 0.29) is 12.4 Å². The number of nitrogens with two attached hydrogens (primary N) is 1. The first kappa shape index (κ1) is 15.6. The van der Waals surface area contributed by atoms with Crippen LogP contribution in [0.1, 0.15) is 51.4 Å². The molecule has 5 aliphatic rings. The van der Waals surface area contributed by atoms with Crippen molar-refractivity contribution in [3.8, 4) is 0 Å². The third kappa shape index (κ3) is 2.72. The number of rotatable bonds is 3. The van der Waals surface area contributed by atoms with Crippen LogP contribution < -0.4 is 11.1 Å². The van der Waals surface area contributed by atoms with E-state index in [0.717, 1.165) is 24.8 Å².